The zero-order chi connectivity index (χ0) is 17.7. The topological polar surface area (TPSA) is 103 Å². The lowest BCUT2D eigenvalue weighted by atomic mass is 10.2. The number of urea groups is 1. The number of halogens is 1. The molecule has 0 radical (unpaired) electrons. The van der Waals surface area contributed by atoms with Crippen LogP contribution in [-0.4, -0.2) is 25.2 Å². The van der Waals surface area contributed by atoms with Crippen LogP contribution in [0.1, 0.15) is 0 Å². The second-order valence-electron chi connectivity index (χ2n) is 4.54. The van der Waals surface area contributed by atoms with Crippen molar-refractivity contribution in [3.63, 3.8) is 0 Å². The predicted octanol–water partition coefficient (Wildman–Crippen LogP) is 3.91. The zero-order valence-electron chi connectivity index (χ0n) is 12.8. The molecule has 24 heavy (non-hydrogen) atoms. The molecule has 0 aliphatic carbocycles. The molecule has 0 bridgehead atoms. The third kappa shape index (κ3) is 3.85. The Morgan fingerprint density at radius 1 is 1.12 bits per heavy atom. The van der Waals surface area contributed by atoms with Crippen LogP contribution in [0, 0.1) is 10.1 Å². The Kier molecular flexibility index (Phi) is 5.43. The average Bonchev–Trinajstić information content (AvgIpc) is 2.56. The quantitative estimate of drug-likeness (QED) is 0.628. The average molecular weight is 352 g/mol. The van der Waals surface area contributed by atoms with Crippen molar-refractivity contribution in [2.45, 2.75) is 0 Å². The third-order valence-electron chi connectivity index (χ3n) is 3.08. The summed E-state index contributed by atoms with van der Waals surface area (Å²) in [6.07, 6.45) is 0. The van der Waals surface area contributed by atoms with Crippen molar-refractivity contribution in [2.24, 2.45) is 0 Å². The first kappa shape index (κ1) is 17.4. The van der Waals surface area contributed by atoms with Gasteiger partial charge in [0.25, 0.3) is 5.69 Å². The number of nitrogens with one attached hydrogen (secondary N) is 2. The van der Waals surface area contributed by atoms with E-state index in [4.69, 9.17) is 21.1 Å². The van der Waals surface area contributed by atoms with E-state index < -0.39 is 11.0 Å². The Labute approximate surface area is 142 Å². The molecule has 0 saturated heterocycles. The molecule has 2 aromatic carbocycles. The van der Waals surface area contributed by atoms with Crippen molar-refractivity contribution in [2.75, 3.05) is 24.9 Å². The number of anilines is 2. The molecule has 0 fully saturated rings. The molecule has 9 heteroatoms. The van der Waals surface area contributed by atoms with E-state index in [-0.39, 0.29) is 16.4 Å². The lowest BCUT2D eigenvalue weighted by molar-refractivity contribution is -0.384. The summed E-state index contributed by atoms with van der Waals surface area (Å²) in [6, 6.07) is 8.10. The van der Waals surface area contributed by atoms with E-state index in [1.807, 2.05) is 0 Å². The van der Waals surface area contributed by atoms with E-state index in [0.29, 0.717) is 17.2 Å². The van der Waals surface area contributed by atoms with Crippen LogP contribution in [0.2, 0.25) is 5.02 Å². The normalized spacial score (nSPS) is 9.96. The predicted molar refractivity (Wildman–Crippen MR) is 90.3 cm³/mol. The number of amides is 2. The van der Waals surface area contributed by atoms with Crippen LogP contribution in [0.3, 0.4) is 0 Å². The number of hydrogen-bond donors (Lipinski definition) is 2. The number of rotatable bonds is 5. The summed E-state index contributed by atoms with van der Waals surface area (Å²) in [5.74, 6) is 0.796. The van der Waals surface area contributed by atoms with Gasteiger partial charge in [0.2, 0.25) is 0 Å². The van der Waals surface area contributed by atoms with E-state index >= 15 is 0 Å². The summed E-state index contributed by atoms with van der Waals surface area (Å²) in [6.45, 7) is 0. The summed E-state index contributed by atoms with van der Waals surface area (Å²) >= 11 is 5.95. The van der Waals surface area contributed by atoms with Gasteiger partial charge in [0.05, 0.1) is 29.9 Å². The number of nitro groups is 1. The first-order chi connectivity index (χ1) is 11.5. The van der Waals surface area contributed by atoms with Gasteiger partial charge in [-0.05, 0) is 18.2 Å². The molecular formula is C15H14ClN3O5. The Balaban J connectivity index is 2.23. The standard InChI is InChI=1S/C15H14ClN3O5/c1-23-12-4-3-5-13(24-2)14(12)18-15(20)17-11-8-9(19(21)22)6-7-10(11)16/h3-8H,1-2H3,(H2,17,18,20). The molecule has 0 unspecified atom stereocenters. The van der Waals surface area contributed by atoms with E-state index in [2.05, 4.69) is 10.6 Å². The van der Waals surface area contributed by atoms with Crippen LogP contribution in [0.4, 0.5) is 21.9 Å². The van der Waals surface area contributed by atoms with Crippen LogP contribution in [0.25, 0.3) is 0 Å². The lowest BCUT2D eigenvalue weighted by Crippen LogP contribution is -2.20. The smallest absolute Gasteiger partial charge is 0.323 e. The second-order valence-corrected chi connectivity index (χ2v) is 4.95. The van der Waals surface area contributed by atoms with Gasteiger partial charge in [-0.3, -0.25) is 10.1 Å². The molecule has 0 aliphatic rings. The summed E-state index contributed by atoms with van der Waals surface area (Å²) in [4.78, 5) is 22.4. The highest BCUT2D eigenvalue weighted by Gasteiger charge is 2.16. The number of benzene rings is 2. The molecule has 2 amide bonds. The van der Waals surface area contributed by atoms with E-state index in [9.17, 15) is 14.9 Å². The molecule has 0 heterocycles. The first-order valence-corrected chi connectivity index (χ1v) is 7.07. The van der Waals surface area contributed by atoms with Crippen molar-refractivity contribution >= 4 is 34.7 Å². The minimum absolute atomic E-state index is 0.109. The number of methoxy groups -OCH3 is 2. The van der Waals surface area contributed by atoms with Gasteiger partial charge in [-0.15, -0.1) is 0 Å². The van der Waals surface area contributed by atoms with Gasteiger partial charge in [-0.2, -0.15) is 0 Å². The molecule has 2 aromatic rings. The summed E-state index contributed by atoms with van der Waals surface area (Å²) in [7, 11) is 2.91. The minimum atomic E-state index is -0.653. The molecule has 0 atom stereocenters. The summed E-state index contributed by atoms with van der Waals surface area (Å²) in [5.41, 5.74) is 0.239. The van der Waals surface area contributed by atoms with Crippen LogP contribution in [-0.2, 0) is 0 Å². The van der Waals surface area contributed by atoms with Crippen LogP contribution in [0.5, 0.6) is 11.5 Å². The molecular weight excluding hydrogens is 338 g/mol. The zero-order valence-corrected chi connectivity index (χ0v) is 13.6. The van der Waals surface area contributed by atoms with Gasteiger partial charge in [0, 0.05) is 12.1 Å². The summed E-state index contributed by atoms with van der Waals surface area (Å²) in [5, 5.41) is 16.0. The molecule has 0 aliphatic heterocycles. The van der Waals surface area contributed by atoms with Crippen LogP contribution in [0.15, 0.2) is 36.4 Å². The van der Waals surface area contributed by atoms with Crippen molar-refractivity contribution in [3.8, 4) is 11.5 Å². The SMILES string of the molecule is COc1cccc(OC)c1NC(=O)Nc1cc([N+](=O)[O-])ccc1Cl. The lowest BCUT2D eigenvalue weighted by Gasteiger charge is -2.14. The Morgan fingerprint density at radius 2 is 1.75 bits per heavy atom. The van der Waals surface area contributed by atoms with Crippen molar-refractivity contribution < 1.29 is 19.2 Å². The largest absolute Gasteiger partial charge is 0.494 e. The van der Waals surface area contributed by atoms with Crippen molar-refractivity contribution in [1.29, 1.82) is 0 Å². The second kappa shape index (κ2) is 7.51. The number of hydrogen-bond acceptors (Lipinski definition) is 5. The molecule has 2 N–H and O–H groups in total. The first-order valence-electron chi connectivity index (χ1n) is 6.69. The molecule has 126 valence electrons. The fraction of sp³-hybridized carbons (Fsp3) is 0.133. The molecule has 0 aromatic heterocycles. The Morgan fingerprint density at radius 3 is 2.29 bits per heavy atom. The minimum Gasteiger partial charge on any atom is -0.494 e. The van der Waals surface area contributed by atoms with E-state index in [0.717, 1.165) is 0 Å². The number of para-hydroxylation sites is 1. The fourth-order valence-electron chi connectivity index (χ4n) is 1.96. The Hall–Kier alpha value is -3.00. The van der Waals surface area contributed by atoms with Crippen LogP contribution >= 0.6 is 11.6 Å². The highest BCUT2D eigenvalue weighted by atomic mass is 35.5. The number of non-ortho nitro benzene ring substituents is 1. The number of carbonyl (C=O) groups is 1. The van der Waals surface area contributed by atoms with Crippen molar-refractivity contribution in [3.05, 3.63) is 51.5 Å². The van der Waals surface area contributed by atoms with E-state index in [1.165, 1.54) is 32.4 Å². The maximum absolute atomic E-state index is 12.2. The fourth-order valence-corrected chi connectivity index (χ4v) is 2.13. The van der Waals surface area contributed by atoms with Gasteiger partial charge in [-0.1, -0.05) is 17.7 Å². The number of ether oxygens (including phenoxy) is 2. The number of nitro benzene ring substituents is 1. The van der Waals surface area contributed by atoms with Gasteiger partial charge < -0.3 is 20.1 Å². The third-order valence-corrected chi connectivity index (χ3v) is 3.40. The highest BCUT2D eigenvalue weighted by Crippen LogP contribution is 2.34. The Bertz CT molecular complexity index is 759. The van der Waals surface area contributed by atoms with E-state index in [1.54, 1.807) is 18.2 Å². The molecule has 0 spiro atoms. The molecule has 2 rings (SSSR count). The van der Waals surface area contributed by atoms with Gasteiger partial charge in [-0.25, -0.2) is 4.79 Å². The van der Waals surface area contributed by atoms with Gasteiger partial charge in [0.15, 0.2) is 0 Å². The van der Waals surface area contributed by atoms with Crippen molar-refractivity contribution in [1.82, 2.24) is 0 Å². The molecule has 8 nitrogen and oxygen atoms in total. The maximum Gasteiger partial charge on any atom is 0.323 e. The highest BCUT2D eigenvalue weighted by molar-refractivity contribution is 6.33. The van der Waals surface area contributed by atoms with Gasteiger partial charge in [0.1, 0.15) is 17.2 Å². The maximum atomic E-state index is 12.2. The monoisotopic (exact) mass is 351 g/mol. The van der Waals surface area contributed by atoms with Crippen LogP contribution < -0.4 is 20.1 Å². The number of carbonyl (C=O) groups excluding carboxylic acids is 1. The number of nitrogens with zero attached hydrogens (tertiary/aromatic N) is 1. The molecule has 0 saturated carbocycles. The van der Waals surface area contributed by atoms with Gasteiger partial charge >= 0.3 is 6.03 Å². The summed E-state index contributed by atoms with van der Waals surface area (Å²) < 4.78 is 10.4.